The van der Waals surface area contributed by atoms with Crippen molar-refractivity contribution in [2.75, 3.05) is 5.32 Å². The van der Waals surface area contributed by atoms with Gasteiger partial charge in [0, 0.05) is 10.2 Å². The van der Waals surface area contributed by atoms with Crippen LogP contribution in [0, 0.1) is 0 Å². The zero-order valence-electron chi connectivity index (χ0n) is 10.1. The Kier molecular flexibility index (Phi) is 4.48. The highest BCUT2D eigenvalue weighted by molar-refractivity contribution is 9.10. The highest BCUT2D eigenvalue weighted by Crippen LogP contribution is 2.33. The summed E-state index contributed by atoms with van der Waals surface area (Å²) in [4.78, 5) is 19.3. The van der Waals surface area contributed by atoms with Crippen LogP contribution in [0.25, 0.3) is 0 Å². The van der Waals surface area contributed by atoms with Crippen LogP contribution in [0.3, 0.4) is 0 Å². The fourth-order valence-electron chi connectivity index (χ4n) is 1.47. The molecule has 1 amide bonds. The normalized spacial score (nSPS) is 11.3. The van der Waals surface area contributed by atoms with Gasteiger partial charge in [-0.2, -0.15) is 13.2 Å². The van der Waals surface area contributed by atoms with Crippen LogP contribution in [-0.4, -0.2) is 15.9 Å². The monoisotopic (exact) mass is 379 g/mol. The summed E-state index contributed by atoms with van der Waals surface area (Å²) in [6.45, 7) is 0. The fraction of sp³-hybridized carbons (Fsp3) is 0.0833. The van der Waals surface area contributed by atoms with Gasteiger partial charge in [-0.15, -0.1) is 0 Å². The van der Waals surface area contributed by atoms with Crippen LogP contribution < -0.4 is 5.32 Å². The molecule has 110 valence electrons. The molecule has 2 aromatic rings. The molecule has 4 nitrogen and oxygen atoms in total. The average molecular weight is 381 g/mol. The van der Waals surface area contributed by atoms with Gasteiger partial charge in [-0.05, 0) is 18.2 Å². The SMILES string of the molecule is O=C(Nc1cc(Br)cc(C(F)(F)F)c1)c1cncc(Cl)n1. The predicted molar refractivity (Wildman–Crippen MR) is 74.1 cm³/mol. The van der Waals surface area contributed by atoms with E-state index >= 15 is 0 Å². The minimum Gasteiger partial charge on any atom is -0.321 e. The predicted octanol–water partition coefficient (Wildman–Crippen LogP) is 4.16. The molecule has 0 unspecified atom stereocenters. The van der Waals surface area contributed by atoms with Crippen molar-refractivity contribution in [2.45, 2.75) is 6.18 Å². The van der Waals surface area contributed by atoms with E-state index in [0.717, 1.165) is 18.3 Å². The van der Waals surface area contributed by atoms with Crippen molar-refractivity contribution in [1.29, 1.82) is 0 Å². The van der Waals surface area contributed by atoms with Gasteiger partial charge in [-0.3, -0.25) is 9.78 Å². The molecule has 1 aromatic heterocycles. The van der Waals surface area contributed by atoms with Crippen LogP contribution in [0.1, 0.15) is 16.1 Å². The van der Waals surface area contributed by atoms with Gasteiger partial charge < -0.3 is 5.32 Å². The Labute approximate surface area is 130 Å². The van der Waals surface area contributed by atoms with E-state index in [1.807, 2.05) is 0 Å². The first kappa shape index (κ1) is 15.7. The number of hydrogen-bond acceptors (Lipinski definition) is 3. The quantitative estimate of drug-likeness (QED) is 0.851. The van der Waals surface area contributed by atoms with Crippen molar-refractivity contribution in [3.8, 4) is 0 Å². The zero-order valence-corrected chi connectivity index (χ0v) is 12.4. The van der Waals surface area contributed by atoms with E-state index in [4.69, 9.17) is 11.6 Å². The van der Waals surface area contributed by atoms with Crippen molar-refractivity contribution >= 4 is 39.1 Å². The lowest BCUT2D eigenvalue weighted by atomic mass is 10.2. The summed E-state index contributed by atoms with van der Waals surface area (Å²) in [6, 6.07) is 3.07. The van der Waals surface area contributed by atoms with E-state index in [2.05, 4.69) is 31.2 Å². The Morgan fingerprint density at radius 1 is 1.24 bits per heavy atom. The lowest BCUT2D eigenvalue weighted by Crippen LogP contribution is -2.15. The molecule has 0 fully saturated rings. The smallest absolute Gasteiger partial charge is 0.321 e. The number of rotatable bonds is 2. The maximum atomic E-state index is 12.7. The van der Waals surface area contributed by atoms with Gasteiger partial charge >= 0.3 is 6.18 Å². The second kappa shape index (κ2) is 5.98. The summed E-state index contributed by atoms with van der Waals surface area (Å²) < 4.78 is 38.2. The Bertz CT molecular complexity index is 694. The van der Waals surface area contributed by atoms with Crippen LogP contribution in [0.4, 0.5) is 18.9 Å². The summed E-state index contributed by atoms with van der Waals surface area (Å²) >= 11 is 8.56. The molecular formula is C12H6BrClF3N3O. The van der Waals surface area contributed by atoms with Crippen molar-refractivity contribution in [1.82, 2.24) is 9.97 Å². The Morgan fingerprint density at radius 3 is 2.57 bits per heavy atom. The number of benzene rings is 1. The topological polar surface area (TPSA) is 54.9 Å². The molecule has 2 rings (SSSR count). The number of carbonyl (C=O) groups is 1. The zero-order chi connectivity index (χ0) is 15.6. The summed E-state index contributed by atoms with van der Waals surface area (Å²) in [5.74, 6) is -0.712. The first-order chi connectivity index (χ1) is 9.75. The van der Waals surface area contributed by atoms with E-state index in [9.17, 15) is 18.0 Å². The first-order valence-electron chi connectivity index (χ1n) is 5.42. The lowest BCUT2D eigenvalue weighted by molar-refractivity contribution is -0.137. The summed E-state index contributed by atoms with van der Waals surface area (Å²) in [7, 11) is 0. The summed E-state index contributed by atoms with van der Waals surface area (Å²) in [5.41, 5.74) is -1.01. The lowest BCUT2D eigenvalue weighted by Gasteiger charge is -2.11. The van der Waals surface area contributed by atoms with E-state index in [1.165, 1.54) is 12.3 Å². The number of aromatic nitrogens is 2. The molecule has 0 aliphatic carbocycles. The molecule has 0 aliphatic rings. The molecule has 0 spiro atoms. The van der Waals surface area contributed by atoms with Gasteiger partial charge in [0.1, 0.15) is 10.8 Å². The highest BCUT2D eigenvalue weighted by atomic mass is 79.9. The first-order valence-corrected chi connectivity index (χ1v) is 6.59. The number of halogens is 5. The van der Waals surface area contributed by atoms with Gasteiger partial charge in [0.25, 0.3) is 5.91 Å². The maximum absolute atomic E-state index is 12.7. The number of amides is 1. The molecular weight excluding hydrogens is 375 g/mol. The molecule has 0 radical (unpaired) electrons. The van der Waals surface area contributed by atoms with Gasteiger partial charge in [0.05, 0.1) is 18.0 Å². The maximum Gasteiger partial charge on any atom is 0.416 e. The number of nitrogens with zero attached hydrogens (tertiary/aromatic N) is 2. The molecule has 1 heterocycles. The molecule has 1 N–H and O–H groups in total. The van der Waals surface area contributed by atoms with Crippen molar-refractivity contribution < 1.29 is 18.0 Å². The van der Waals surface area contributed by atoms with Gasteiger partial charge in [0.15, 0.2) is 0 Å². The standard InChI is InChI=1S/C12H6BrClF3N3O/c13-7-1-6(12(15,16)17)2-8(3-7)19-11(21)9-4-18-5-10(14)20-9/h1-5H,(H,19,21). The number of anilines is 1. The van der Waals surface area contributed by atoms with E-state index in [-0.39, 0.29) is 21.0 Å². The summed E-state index contributed by atoms with van der Waals surface area (Å²) in [5, 5.41) is 2.32. The van der Waals surface area contributed by atoms with Crippen molar-refractivity contribution in [3.63, 3.8) is 0 Å². The molecule has 0 atom stereocenters. The fourth-order valence-corrected chi connectivity index (χ4v) is 2.11. The van der Waals surface area contributed by atoms with Crippen molar-refractivity contribution in [2.24, 2.45) is 0 Å². The Balaban J connectivity index is 2.27. The van der Waals surface area contributed by atoms with E-state index in [0.29, 0.717) is 0 Å². The number of hydrogen-bond donors (Lipinski definition) is 1. The van der Waals surface area contributed by atoms with Crippen LogP contribution in [0.15, 0.2) is 35.1 Å². The molecule has 0 aliphatic heterocycles. The van der Waals surface area contributed by atoms with Crippen molar-refractivity contribution in [3.05, 3.63) is 51.5 Å². The summed E-state index contributed by atoms with van der Waals surface area (Å²) in [6.07, 6.45) is -2.12. The van der Waals surface area contributed by atoms with Crippen LogP contribution in [-0.2, 0) is 6.18 Å². The third-order valence-corrected chi connectivity index (χ3v) is 2.96. The second-order valence-electron chi connectivity index (χ2n) is 3.91. The van der Waals surface area contributed by atoms with E-state index in [1.54, 1.807) is 0 Å². The number of nitrogens with one attached hydrogen (secondary N) is 1. The minimum atomic E-state index is -4.51. The molecule has 21 heavy (non-hydrogen) atoms. The third-order valence-electron chi connectivity index (χ3n) is 2.32. The highest BCUT2D eigenvalue weighted by Gasteiger charge is 2.31. The van der Waals surface area contributed by atoms with Crippen LogP contribution in [0.5, 0.6) is 0 Å². The van der Waals surface area contributed by atoms with Crippen LogP contribution in [0.2, 0.25) is 5.15 Å². The number of carbonyl (C=O) groups excluding carboxylic acids is 1. The second-order valence-corrected chi connectivity index (χ2v) is 5.21. The number of alkyl halides is 3. The average Bonchev–Trinajstić information content (AvgIpc) is 2.37. The Hall–Kier alpha value is -1.67. The largest absolute Gasteiger partial charge is 0.416 e. The van der Waals surface area contributed by atoms with Crippen LogP contribution >= 0.6 is 27.5 Å². The minimum absolute atomic E-state index is 0.00729. The Morgan fingerprint density at radius 2 is 1.95 bits per heavy atom. The molecule has 1 aromatic carbocycles. The van der Waals surface area contributed by atoms with Gasteiger partial charge in [-0.25, -0.2) is 4.98 Å². The molecule has 0 saturated carbocycles. The van der Waals surface area contributed by atoms with E-state index < -0.39 is 17.6 Å². The molecule has 0 saturated heterocycles. The van der Waals surface area contributed by atoms with Gasteiger partial charge in [-0.1, -0.05) is 27.5 Å². The molecule has 9 heteroatoms. The molecule has 0 bridgehead atoms. The third kappa shape index (κ3) is 4.15. The van der Waals surface area contributed by atoms with Gasteiger partial charge in [0.2, 0.25) is 0 Å².